The van der Waals surface area contributed by atoms with Crippen LogP contribution in [0.2, 0.25) is 0 Å². The van der Waals surface area contributed by atoms with Gasteiger partial charge in [-0.1, -0.05) is 12.1 Å². The predicted octanol–water partition coefficient (Wildman–Crippen LogP) is 1.31. The predicted molar refractivity (Wildman–Crippen MR) is 87.8 cm³/mol. The summed E-state index contributed by atoms with van der Waals surface area (Å²) in [5, 5.41) is 10.0. The van der Waals surface area contributed by atoms with Crippen LogP contribution in [0.1, 0.15) is 15.9 Å². The van der Waals surface area contributed by atoms with E-state index in [0.29, 0.717) is 18.7 Å². The fourth-order valence-electron chi connectivity index (χ4n) is 1.89. The average molecular weight is 325 g/mol. The van der Waals surface area contributed by atoms with E-state index in [1.165, 1.54) is 0 Å². The smallest absolute Gasteiger partial charge is 0.254 e. The topological polar surface area (TPSA) is 68.2 Å². The Bertz CT molecular complexity index is 583. The molecule has 2 aromatic rings. The number of amides is 1. The Morgan fingerprint density at radius 1 is 1.27 bits per heavy atom. The van der Waals surface area contributed by atoms with Crippen LogP contribution in [-0.4, -0.2) is 42.9 Å². The van der Waals surface area contributed by atoms with E-state index in [9.17, 15) is 4.79 Å². The molecule has 120 valence electrons. The number of likely N-dealkylation sites (N-methyl/N-ethyl adjacent to an activating group) is 1. The molecular formula is C15H21ClN4O2. The summed E-state index contributed by atoms with van der Waals surface area (Å²) in [5.41, 5.74) is 1.67. The molecule has 0 saturated carbocycles. The van der Waals surface area contributed by atoms with Gasteiger partial charge in [0.05, 0.1) is 25.4 Å². The molecule has 0 saturated heterocycles. The summed E-state index contributed by atoms with van der Waals surface area (Å²) in [6.45, 7) is 1.96. The number of nitrogens with zero attached hydrogens (tertiary/aromatic N) is 2. The van der Waals surface area contributed by atoms with Crippen LogP contribution in [0.4, 0.5) is 0 Å². The van der Waals surface area contributed by atoms with Gasteiger partial charge in [-0.3, -0.25) is 9.48 Å². The summed E-state index contributed by atoms with van der Waals surface area (Å²) in [6, 6.07) is 7.77. The minimum atomic E-state index is -0.105. The van der Waals surface area contributed by atoms with Crippen LogP contribution < -0.4 is 15.4 Å². The van der Waals surface area contributed by atoms with Crippen molar-refractivity contribution in [3.8, 4) is 5.75 Å². The van der Waals surface area contributed by atoms with Crippen LogP contribution in [0, 0.1) is 0 Å². The maximum absolute atomic E-state index is 11.9. The van der Waals surface area contributed by atoms with Gasteiger partial charge in [-0.2, -0.15) is 5.10 Å². The Labute approximate surface area is 136 Å². The van der Waals surface area contributed by atoms with Crippen LogP contribution in [0.15, 0.2) is 36.7 Å². The molecule has 1 aromatic carbocycles. The van der Waals surface area contributed by atoms with E-state index < -0.39 is 0 Å². The zero-order chi connectivity index (χ0) is 15.1. The molecule has 0 unspecified atom stereocenters. The maximum atomic E-state index is 11.9. The van der Waals surface area contributed by atoms with Crippen LogP contribution >= 0.6 is 12.4 Å². The molecule has 7 heteroatoms. The molecule has 2 rings (SSSR count). The second-order valence-corrected chi connectivity index (χ2v) is 4.63. The number of carbonyl (C=O) groups excluding carboxylic acids is 1. The monoisotopic (exact) mass is 324 g/mol. The number of rotatable bonds is 7. The van der Waals surface area contributed by atoms with E-state index in [1.807, 2.05) is 31.3 Å². The van der Waals surface area contributed by atoms with Crippen molar-refractivity contribution in [1.82, 2.24) is 20.4 Å². The summed E-state index contributed by atoms with van der Waals surface area (Å²) in [5.74, 6) is 0.718. The van der Waals surface area contributed by atoms with Crippen LogP contribution in [0.5, 0.6) is 5.75 Å². The van der Waals surface area contributed by atoms with Crippen molar-refractivity contribution in [2.45, 2.75) is 6.54 Å². The summed E-state index contributed by atoms with van der Waals surface area (Å²) < 4.78 is 6.87. The van der Waals surface area contributed by atoms with Gasteiger partial charge >= 0.3 is 0 Å². The largest absolute Gasteiger partial charge is 0.497 e. The van der Waals surface area contributed by atoms with Gasteiger partial charge in [0.25, 0.3) is 5.91 Å². The van der Waals surface area contributed by atoms with Gasteiger partial charge in [-0.15, -0.1) is 12.4 Å². The Morgan fingerprint density at radius 3 is 2.64 bits per heavy atom. The van der Waals surface area contributed by atoms with Crippen molar-refractivity contribution in [1.29, 1.82) is 0 Å². The Balaban J connectivity index is 0.00000242. The molecule has 0 spiro atoms. The SMILES string of the molecule is CNCCNC(=O)c1cnn(Cc2ccc(OC)cc2)c1.Cl. The molecule has 1 aromatic heterocycles. The summed E-state index contributed by atoms with van der Waals surface area (Å²) >= 11 is 0. The number of hydrogen-bond donors (Lipinski definition) is 2. The van der Waals surface area contributed by atoms with Crippen LogP contribution in [-0.2, 0) is 6.54 Å². The van der Waals surface area contributed by atoms with Gasteiger partial charge in [0, 0.05) is 19.3 Å². The molecule has 0 fully saturated rings. The van der Waals surface area contributed by atoms with Gasteiger partial charge in [0.1, 0.15) is 5.75 Å². The number of carbonyl (C=O) groups is 1. The van der Waals surface area contributed by atoms with Crippen molar-refractivity contribution in [2.24, 2.45) is 0 Å². The van der Waals surface area contributed by atoms with Crippen molar-refractivity contribution >= 4 is 18.3 Å². The highest BCUT2D eigenvalue weighted by molar-refractivity contribution is 5.93. The second-order valence-electron chi connectivity index (χ2n) is 4.63. The normalized spacial score (nSPS) is 9.91. The quantitative estimate of drug-likeness (QED) is 0.754. The van der Waals surface area contributed by atoms with Crippen LogP contribution in [0.25, 0.3) is 0 Å². The molecule has 0 aliphatic carbocycles. The van der Waals surface area contributed by atoms with E-state index in [2.05, 4.69) is 15.7 Å². The summed E-state index contributed by atoms with van der Waals surface area (Å²) in [4.78, 5) is 11.9. The molecule has 1 heterocycles. The molecule has 0 aliphatic rings. The highest BCUT2D eigenvalue weighted by atomic mass is 35.5. The lowest BCUT2D eigenvalue weighted by molar-refractivity contribution is 0.0954. The molecule has 0 radical (unpaired) electrons. The van der Waals surface area contributed by atoms with E-state index in [4.69, 9.17) is 4.74 Å². The Hall–Kier alpha value is -2.05. The minimum absolute atomic E-state index is 0. The number of benzene rings is 1. The molecule has 2 N–H and O–H groups in total. The van der Waals surface area contributed by atoms with Crippen molar-refractivity contribution < 1.29 is 9.53 Å². The van der Waals surface area contributed by atoms with Gasteiger partial charge in [-0.05, 0) is 24.7 Å². The highest BCUT2D eigenvalue weighted by Gasteiger charge is 2.08. The first kappa shape index (κ1) is 18.0. The fourth-order valence-corrected chi connectivity index (χ4v) is 1.89. The third-order valence-corrected chi connectivity index (χ3v) is 3.06. The highest BCUT2D eigenvalue weighted by Crippen LogP contribution is 2.12. The number of nitrogens with one attached hydrogen (secondary N) is 2. The molecular weight excluding hydrogens is 304 g/mol. The molecule has 1 amide bonds. The standard InChI is InChI=1S/C15H20N4O2.ClH/c1-16-7-8-17-15(20)13-9-18-19(11-13)10-12-3-5-14(21-2)6-4-12;/h3-6,9,11,16H,7-8,10H2,1-2H3,(H,17,20);1H. The third-order valence-electron chi connectivity index (χ3n) is 3.06. The molecule has 0 bridgehead atoms. The first-order valence-corrected chi connectivity index (χ1v) is 6.81. The van der Waals surface area contributed by atoms with Gasteiger partial charge in [-0.25, -0.2) is 0 Å². The van der Waals surface area contributed by atoms with Gasteiger partial charge < -0.3 is 15.4 Å². The van der Waals surface area contributed by atoms with Crippen LogP contribution in [0.3, 0.4) is 0 Å². The number of aromatic nitrogens is 2. The number of hydrogen-bond acceptors (Lipinski definition) is 4. The zero-order valence-corrected chi connectivity index (χ0v) is 13.5. The number of ether oxygens (including phenoxy) is 1. The van der Waals surface area contributed by atoms with Crippen molar-refractivity contribution in [3.63, 3.8) is 0 Å². The zero-order valence-electron chi connectivity index (χ0n) is 12.7. The minimum Gasteiger partial charge on any atom is -0.497 e. The maximum Gasteiger partial charge on any atom is 0.254 e. The lowest BCUT2D eigenvalue weighted by atomic mass is 10.2. The lowest BCUT2D eigenvalue weighted by Gasteiger charge is -2.04. The Morgan fingerprint density at radius 2 is 2.00 bits per heavy atom. The molecule has 0 atom stereocenters. The van der Waals surface area contributed by atoms with Crippen molar-refractivity contribution in [3.05, 3.63) is 47.8 Å². The van der Waals surface area contributed by atoms with Gasteiger partial charge in [0.2, 0.25) is 0 Å². The van der Waals surface area contributed by atoms with Gasteiger partial charge in [0.15, 0.2) is 0 Å². The van der Waals surface area contributed by atoms with E-state index in [-0.39, 0.29) is 18.3 Å². The first-order valence-electron chi connectivity index (χ1n) is 6.81. The summed E-state index contributed by atoms with van der Waals surface area (Å²) in [7, 11) is 3.49. The summed E-state index contributed by atoms with van der Waals surface area (Å²) in [6.07, 6.45) is 3.33. The lowest BCUT2D eigenvalue weighted by Crippen LogP contribution is -2.30. The fraction of sp³-hybridized carbons (Fsp3) is 0.333. The molecule has 0 aliphatic heterocycles. The molecule has 22 heavy (non-hydrogen) atoms. The molecule has 6 nitrogen and oxygen atoms in total. The average Bonchev–Trinajstić information content (AvgIpc) is 2.97. The number of halogens is 1. The van der Waals surface area contributed by atoms with E-state index >= 15 is 0 Å². The second kappa shape index (κ2) is 9.07. The third kappa shape index (κ3) is 5.05. The van der Waals surface area contributed by atoms with E-state index in [0.717, 1.165) is 17.9 Å². The Kier molecular flexibility index (Phi) is 7.42. The number of methoxy groups -OCH3 is 1. The first-order chi connectivity index (χ1) is 10.2. The van der Waals surface area contributed by atoms with Crippen molar-refractivity contribution in [2.75, 3.05) is 27.2 Å². The van der Waals surface area contributed by atoms with E-state index in [1.54, 1.807) is 24.2 Å².